The van der Waals surface area contributed by atoms with Crippen molar-refractivity contribution >= 4 is 16.9 Å². The standard InChI is InChI=1S/C13H17N3O2/c1-9(18)16(3)13(7-17)10-4-5-12-11(6-10)14-8-15(12)2/h4-6,8,13,17H,7H2,1-3H3. The second-order valence-electron chi connectivity index (χ2n) is 4.43. The monoisotopic (exact) mass is 247 g/mol. The second kappa shape index (κ2) is 4.78. The van der Waals surface area contributed by atoms with E-state index >= 15 is 0 Å². The van der Waals surface area contributed by atoms with Crippen molar-refractivity contribution in [2.45, 2.75) is 13.0 Å². The second-order valence-corrected chi connectivity index (χ2v) is 4.43. The van der Waals surface area contributed by atoms with E-state index in [2.05, 4.69) is 4.98 Å². The number of carbonyl (C=O) groups is 1. The number of likely N-dealkylation sites (N-methyl/N-ethyl adjacent to an activating group) is 1. The lowest BCUT2D eigenvalue weighted by molar-refractivity contribution is -0.130. The van der Waals surface area contributed by atoms with Crippen molar-refractivity contribution in [3.05, 3.63) is 30.1 Å². The van der Waals surface area contributed by atoms with Gasteiger partial charge < -0.3 is 14.6 Å². The third-order valence-electron chi connectivity index (χ3n) is 3.27. The molecule has 5 nitrogen and oxygen atoms in total. The molecule has 0 aliphatic rings. The number of rotatable bonds is 3. The van der Waals surface area contributed by atoms with Gasteiger partial charge in [0.25, 0.3) is 0 Å². The van der Waals surface area contributed by atoms with Crippen molar-refractivity contribution in [2.24, 2.45) is 7.05 Å². The number of hydrogen-bond donors (Lipinski definition) is 1. The summed E-state index contributed by atoms with van der Waals surface area (Å²) in [5, 5.41) is 9.46. The van der Waals surface area contributed by atoms with Gasteiger partial charge in [0.15, 0.2) is 0 Å². The van der Waals surface area contributed by atoms with E-state index in [1.54, 1.807) is 13.4 Å². The molecular formula is C13H17N3O2. The molecule has 0 aliphatic carbocycles. The van der Waals surface area contributed by atoms with Crippen molar-refractivity contribution in [3.63, 3.8) is 0 Å². The zero-order chi connectivity index (χ0) is 13.3. The highest BCUT2D eigenvalue weighted by molar-refractivity contribution is 5.77. The largest absolute Gasteiger partial charge is 0.394 e. The molecule has 1 heterocycles. The molecule has 1 atom stereocenters. The summed E-state index contributed by atoms with van der Waals surface area (Å²) in [6, 6.07) is 5.46. The number of aromatic nitrogens is 2. The Kier molecular flexibility index (Phi) is 3.34. The number of imidazole rings is 1. The number of aryl methyl sites for hydroxylation is 1. The highest BCUT2D eigenvalue weighted by Gasteiger charge is 2.18. The van der Waals surface area contributed by atoms with Crippen LogP contribution in [0.5, 0.6) is 0 Å². The van der Waals surface area contributed by atoms with Crippen LogP contribution in [0.15, 0.2) is 24.5 Å². The van der Waals surface area contributed by atoms with Crippen LogP contribution in [-0.4, -0.2) is 39.1 Å². The number of aliphatic hydroxyl groups excluding tert-OH is 1. The van der Waals surface area contributed by atoms with Crippen LogP contribution in [0.4, 0.5) is 0 Å². The molecule has 1 aromatic carbocycles. The van der Waals surface area contributed by atoms with E-state index in [0.29, 0.717) is 0 Å². The van der Waals surface area contributed by atoms with Gasteiger partial charge in [-0.1, -0.05) is 6.07 Å². The predicted molar refractivity (Wildman–Crippen MR) is 69.0 cm³/mol. The number of fused-ring (bicyclic) bond motifs is 1. The van der Waals surface area contributed by atoms with E-state index in [0.717, 1.165) is 16.6 Å². The van der Waals surface area contributed by atoms with Crippen molar-refractivity contribution < 1.29 is 9.90 Å². The summed E-state index contributed by atoms with van der Waals surface area (Å²) < 4.78 is 1.93. The van der Waals surface area contributed by atoms with Crippen LogP contribution in [0.2, 0.25) is 0 Å². The zero-order valence-corrected chi connectivity index (χ0v) is 10.8. The molecule has 2 aromatic rings. The number of hydrogen-bond acceptors (Lipinski definition) is 3. The normalized spacial score (nSPS) is 12.7. The van der Waals surface area contributed by atoms with E-state index in [1.807, 2.05) is 29.8 Å². The summed E-state index contributed by atoms with van der Waals surface area (Å²) in [6.07, 6.45) is 1.75. The van der Waals surface area contributed by atoms with E-state index in [-0.39, 0.29) is 18.6 Å². The minimum Gasteiger partial charge on any atom is -0.394 e. The summed E-state index contributed by atoms with van der Waals surface area (Å²) in [5.74, 6) is -0.0739. The molecule has 0 fully saturated rings. The lowest BCUT2D eigenvalue weighted by atomic mass is 10.1. The number of benzene rings is 1. The van der Waals surface area contributed by atoms with Gasteiger partial charge in [0, 0.05) is 21.0 Å². The van der Waals surface area contributed by atoms with Crippen molar-refractivity contribution in [2.75, 3.05) is 13.7 Å². The van der Waals surface area contributed by atoms with Gasteiger partial charge in [-0.15, -0.1) is 0 Å². The maximum absolute atomic E-state index is 11.4. The molecule has 0 spiro atoms. The first-order valence-electron chi connectivity index (χ1n) is 5.80. The first kappa shape index (κ1) is 12.6. The smallest absolute Gasteiger partial charge is 0.219 e. The highest BCUT2D eigenvalue weighted by atomic mass is 16.3. The molecule has 2 rings (SSSR count). The van der Waals surface area contributed by atoms with Crippen LogP contribution in [0.3, 0.4) is 0 Å². The van der Waals surface area contributed by atoms with Crippen molar-refractivity contribution in [1.29, 1.82) is 0 Å². The molecule has 0 saturated heterocycles. The maximum atomic E-state index is 11.4. The Bertz CT molecular complexity index is 577. The fraction of sp³-hybridized carbons (Fsp3) is 0.385. The van der Waals surface area contributed by atoms with Gasteiger partial charge >= 0.3 is 0 Å². The molecule has 5 heteroatoms. The molecule has 1 aromatic heterocycles. The zero-order valence-electron chi connectivity index (χ0n) is 10.8. The van der Waals surface area contributed by atoms with E-state index < -0.39 is 0 Å². The SMILES string of the molecule is CC(=O)N(C)C(CO)c1ccc2c(c1)ncn2C. The molecule has 0 radical (unpaired) electrons. The van der Waals surface area contributed by atoms with E-state index in [9.17, 15) is 9.90 Å². The Balaban J connectivity index is 2.42. The highest BCUT2D eigenvalue weighted by Crippen LogP contribution is 2.23. The minimum atomic E-state index is -0.325. The molecule has 18 heavy (non-hydrogen) atoms. The third-order valence-corrected chi connectivity index (χ3v) is 3.27. The quantitative estimate of drug-likeness (QED) is 0.883. The molecular weight excluding hydrogens is 230 g/mol. The van der Waals surface area contributed by atoms with Crippen LogP contribution in [0.1, 0.15) is 18.5 Å². The van der Waals surface area contributed by atoms with Gasteiger partial charge in [-0.05, 0) is 17.7 Å². The van der Waals surface area contributed by atoms with Gasteiger partial charge in [-0.2, -0.15) is 0 Å². The average Bonchev–Trinajstić information content (AvgIpc) is 2.71. The Morgan fingerprint density at radius 1 is 1.56 bits per heavy atom. The van der Waals surface area contributed by atoms with Gasteiger partial charge in [0.2, 0.25) is 5.91 Å². The Morgan fingerprint density at radius 3 is 2.89 bits per heavy atom. The molecule has 0 saturated carbocycles. The molecule has 1 amide bonds. The lowest BCUT2D eigenvalue weighted by Gasteiger charge is -2.25. The van der Waals surface area contributed by atoms with E-state index in [4.69, 9.17) is 0 Å². The average molecular weight is 247 g/mol. The van der Waals surface area contributed by atoms with Crippen LogP contribution < -0.4 is 0 Å². The number of amides is 1. The molecule has 0 bridgehead atoms. The Morgan fingerprint density at radius 2 is 2.28 bits per heavy atom. The Hall–Kier alpha value is -1.88. The molecule has 96 valence electrons. The topological polar surface area (TPSA) is 58.4 Å². The van der Waals surface area contributed by atoms with E-state index in [1.165, 1.54) is 11.8 Å². The minimum absolute atomic E-state index is 0.0739. The fourth-order valence-electron chi connectivity index (χ4n) is 2.03. The van der Waals surface area contributed by atoms with Gasteiger partial charge in [-0.25, -0.2) is 4.98 Å². The number of carbonyl (C=O) groups excluding carboxylic acids is 1. The fourth-order valence-corrected chi connectivity index (χ4v) is 2.03. The number of aliphatic hydroxyl groups is 1. The van der Waals surface area contributed by atoms with Crippen LogP contribution in [-0.2, 0) is 11.8 Å². The predicted octanol–water partition coefficient (Wildman–Crippen LogP) is 1.08. The molecule has 0 aliphatic heterocycles. The summed E-state index contributed by atoms with van der Waals surface area (Å²) in [6.45, 7) is 1.39. The summed E-state index contributed by atoms with van der Waals surface area (Å²) in [7, 11) is 3.62. The van der Waals surface area contributed by atoms with Gasteiger partial charge in [0.05, 0.1) is 30.0 Å². The maximum Gasteiger partial charge on any atom is 0.219 e. The van der Waals surface area contributed by atoms with Crippen LogP contribution in [0, 0.1) is 0 Å². The van der Waals surface area contributed by atoms with Gasteiger partial charge in [0.1, 0.15) is 0 Å². The van der Waals surface area contributed by atoms with Crippen LogP contribution >= 0.6 is 0 Å². The third kappa shape index (κ3) is 2.09. The lowest BCUT2D eigenvalue weighted by Crippen LogP contribution is -2.31. The number of nitrogens with zero attached hydrogens (tertiary/aromatic N) is 3. The molecule has 1 N–H and O–H groups in total. The first-order chi connectivity index (χ1) is 8.54. The van der Waals surface area contributed by atoms with Crippen molar-refractivity contribution in [1.82, 2.24) is 14.5 Å². The molecule has 1 unspecified atom stereocenters. The van der Waals surface area contributed by atoms with Crippen LogP contribution in [0.25, 0.3) is 11.0 Å². The Labute approximate surface area is 106 Å². The van der Waals surface area contributed by atoms with Crippen molar-refractivity contribution in [3.8, 4) is 0 Å². The summed E-state index contributed by atoms with van der Waals surface area (Å²) in [5.41, 5.74) is 2.78. The van der Waals surface area contributed by atoms with Gasteiger partial charge in [-0.3, -0.25) is 4.79 Å². The first-order valence-corrected chi connectivity index (χ1v) is 5.80. The summed E-state index contributed by atoms with van der Waals surface area (Å²) >= 11 is 0. The summed E-state index contributed by atoms with van der Waals surface area (Å²) in [4.78, 5) is 17.2.